The van der Waals surface area contributed by atoms with Crippen LogP contribution in [0.5, 0.6) is 0 Å². The number of nitrogens with zero attached hydrogens (tertiary/aromatic N) is 1. The number of carbonyl (C=O) groups excluding carboxylic acids is 2. The van der Waals surface area contributed by atoms with Gasteiger partial charge < -0.3 is 10.6 Å². The molecule has 2 amide bonds. The fourth-order valence-corrected chi connectivity index (χ4v) is 2.06. The van der Waals surface area contributed by atoms with Crippen molar-refractivity contribution in [2.24, 2.45) is 0 Å². The van der Waals surface area contributed by atoms with E-state index in [1.807, 2.05) is 44.2 Å². The maximum atomic E-state index is 11.9. The highest BCUT2D eigenvalue weighted by Crippen LogP contribution is 2.15. The number of aromatic nitrogens is 1. The molecule has 0 unspecified atom stereocenters. The normalized spacial score (nSPS) is 10.1. The van der Waals surface area contributed by atoms with Gasteiger partial charge in [-0.15, -0.1) is 0 Å². The zero-order valence-electron chi connectivity index (χ0n) is 12.7. The predicted octanol–water partition coefficient (Wildman–Crippen LogP) is 2.00. The Hall–Kier alpha value is -2.69. The highest BCUT2D eigenvalue weighted by atomic mass is 16.2. The third-order valence-electron chi connectivity index (χ3n) is 3.23. The zero-order chi connectivity index (χ0) is 15.9. The van der Waals surface area contributed by atoms with Crippen LogP contribution < -0.4 is 10.6 Å². The third-order valence-corrected chi connectivity index (χ3v) is 3.23. The molecular weight excluding hydrogens is 278 g/mol. The molecule has 0 spiro atoms. The van der Waals surface area contributed by atoms with Crippen LogP contribution in [0.25, 0.3) is 0 Å². The number of benzene rings is 1. The quantitative estimate of drug-likeness (QED) is 0.848. The van der Waals surface area contributed by atoms with Crippen LogP contribution in [-0.2, 0) is 16.0 Å². The standard InChI is InChI=1S/C17H19N3O2/c1-12-6-7-15(13(2)11-12)20-17(22)16(21)19-10-8-14-5-3-4-9-18-14/h3-7,9,11H,8,10H2,1-2H3,(H,19,21)(H,20,22). The molecule has 2 rings (SSSR count). The van der Waals surface area contributed by atoms with Crippen molar-refractivity contribution in [3.05, 3.63) is 59.4 Å². The highest BCUT2D eigenvalue weighted by molar-refractivity contribution is 6.39. The van der Waals surface area contributed by atoms with E-state index in [-0.39, 0.29) is 0 Å². The second-order valence-electron chi connectivity index (χ2n) is 5.10. The molecule has 1 aromatic heterocycles. The molecule has 114 valence electrons. The van der Waals surface area contributed by atoms with Gasteiger partial charge in [0.15, 0.2) is 0 Å². The Morgan fingerprint density at radius 2 is 1.91 bits per heavy atom. The SMILES string of the molecule is Cc1ccc(NC(=O)C(=O)NCCc2ccccn2)c(C)c1. The van der Waals surface area contributed by atoms with E-state index in [4.69, 9.17) is 0 Å². The molecule has 2 N–H and O–H groups in total. The molecule has 0 aliphatic heterocycles. The summed E-state index contributed by atoms with van der Waals surface area (Å²) in [4.78, 5) is 27.8. The van der Waals surface area contributed by atoms with Gasteiger partial charge in [-0.2, -0.15) is 0 Å². The van der Waals surface area contributed by atoms with Crippen molar-refractivity contribution in [2.45, 2.75) is 20.3 Å². The minimum Gasteiger partial charge on any atom is -0.347 e. The summed E-state index contributed by atoms with van der Waals surface area (Å²) in [6.45, 7) is 4.24. The molecular formula is C17H19N3O2. The summed E-state index contributed by atoms with van der Waals surface area (Å²) in [6.07, 6.45) is 2.29. The summed E-state index contributed by atoms with van der Waals surface area (Å²) in [7, 11) is 0. The molecule has 0 saturated heterocycles. The summed E-state index contributed by atoms with van der Waals surface area (Å²) in [5.41, 5.74) is 3.55. The fourth-order valence-electron chi connectivity index (χ4n) is 2.06. The number of hydrogen-bond donors (Lipinski definition) is 2. The number of aryl methyl sites for hydroxylation is 2. The van der Waals surface area contributed by atoms with E-state index >= 15 is 0 Å². The lowest BCUT2D eigenvalue weighted by Crippen LogP contribution is -2.36. The first kappa shape index (κ1) is 15.7. The van der Waals surface area contributed by atoms with Gasteiger partial charge in [-0.05, 0) is 37.6 Å². The zero-order valence-corrected chi connectivity index (χ0v) is 12.7. The smallest absolute Gasteiger partial charge is 0.313 e. The molecule has 0 atom stereocenters. The van der Waals surface area contributed by atoms with Crippen molar-refractivity contribution in [3.8, 4) is 0 Å². The van der Waals surface area contributed by atoms with Gasteiger partial charge in [-0.3, -0.25) is 14.6 Å². The first-order valence-electron chi connectivity index (χ1n) is 7.12. The highest BCUT2D eigenvalue weighted by Gasteiger charge is 2.14. The molecule has 0 aliphatic carbocycles. The molecule has 0 saturated carbocycles. The average Bonchev–Trinajstić information content (AvgIpc) is 2.51. The van der Waals surface area contributed by atoms with Crippen LogP contribution in [-0.4, -0.2) is 23.3 Å². The number of anilines is 1. The van der Waals surface area contributed by atoms with Crippen LogP contribution >= 0.6 is 0 Å². The van der Waals surface area contributed by atoms with Gasteiger partial charge in [0, 0.05) is 30.5 Å². The van der Waals surface area contributed by atoms with Crippen molar-refractivity contribution in [1.29, 1.82) is 0 Å². The second kappa shape index (κ2) is 7.36. The maximum Gasteiger partial charge on any atom is 0.313 e. The minimum absolute atomic E-state index is 0.371. The lowest BCUT2D eigenvalue weighted by atomic mass is 10.1. The summed E-state index contributed by atoms with van der Waals surface area (Å²) in [5.74, 6) is -1.30. The Balaban J connectivity index is 1.83. The molecule has 5 nitrogen and oxygen atoms in total. The van der Waals surface area contributed by atoms with E-state index in [0.29, 0.717) is 18.7 Å². The first-order valence-corrected chi connectivity index (χ1v) is 7.12. The van der Waals surface area contributed by atoms with Crippen LogP contribution in [0.3, 0.4) is 0 Å². The van der Waals surface area contributed by atoms with Crippen molar-refractivity contribution in [1.82, 2.24) is 10.3 Å². The molecule has 1 heterocycles. The van der Waals surface area contributed by atoms with Crippen molar-refractivity contribution in [2.75, 3.05) is 11.9 Å². The third kappa shape index (κ3) is 4.41. The summed E-state index contributed by atoms with van der Waals surface area (Å²) >= 11 is 0. The van der Waals surface area contributed by atoms with E-state index < -0.39 is 11.8 Å². The van der Waals surface area contributed by atoms with Gasteiger partial charge in [0.25, 0.3) is 0 Å². The monoisotopic (exact) mass is 297 g/mol. The molecule has 2 aromatic rings. The average molecular weight is 297 g/mol. The topological polar surface area (TPSA) is 71.1 Å². The molecule has 0 radical (unpaired) electrons. The molecule has 1 aromatic carbocycles. The Kier molecular flexibility index (Phi) is 5.25. The van der Waals surface area contributed by atoms with Crippen LogP contribution in [0.1, 0.15) is 16.8 Å². The summed E-state index contributed by atoms with van der Waals surface area (Å²) in [5, 5.41) is 5.21. The van der Waals surface area contributed by atoms with Crippen molar-refractivity contribution >= 4 is 17.5 Å². The van der Waals surface area contributed by atoms with Gasteiger partial charge in [0.1, 0.15) is 0 Å². The number of rotatable bonds is 4. The van der Waals surface area contributed by atoms with Crippen molar-refractivity contribution in [3.63, 3.8) is 0 Å². The Labute approximate surface area is 129 Å². The van der Waals surface area contributed by atoms with Crippen LogP contribution in [0.4, 0.5) is 5.69 Å². The number of amides is 2. The number of nitrogens with one attached hydrogen (secondary N) is 2. The predicted molar refractivity (Wildman–Crippen MR) is 85.5 cm³/mol. The lowest BCUT2D eigenvalue weighted by molar-refractivity contribution is -0.136. The van der Waals surface area contributed by atoms with Crippen LogP contribution in [0.2, 0.25) is 0 Å². The maximum absolute atomic E-state index is 11.9. The Bertz CT molecular complexity index is 669. The van der Waals surface area contributed by atoms with Gasteiger partial charge >= 0.3 is 11.8 Å². The molecule has 0 aliphatic rings. The molecule has 5 heteroatoms. The first-order chi connectivity index (χ1) is 10.6. The lowest BCUT2D eigenvalue weighted by Gasteiger charge is -2.09. The summed E-state index contributed by atoms with van der Waals surface area (Å²) in [6, 6.07) is 11.2. The number of pyridine rings is 1. The summed E-state index contributed by atoms with van der Waals surface area (Å²) < 4.78 is 0. The van der Waals surface area contributed by atoms with E-state index in [2.05, 4.69) is 15.6 Å². The van der Waals surface area contributed by atoms with Gasteiger partial charge in [0.05, 0.1) is 0 Å². The van der Waals surface area contributed by atoms with Crippen LogP contribution in [0, 0.1) is 13.8 Å². The largest absolute Gasteiger partial charge is 0.347 e. The van der Waals surface area contributed by atoms with E-state index in [9.17, 15) is 9.59 Å². The number of hydrogen-bond acceptors (Lipinski definition) is 3. The van der Waals surface area contributed by atoms with Gasteiger partial charge in [-0.1, -0.05) is 23.8 Å². The van der Waals surface area contributed by atoms with Gasteiger partial charge in [-0.25, -0.2) is 0 Å². The minimum atomic E-state index is -0.659. The van der Waals surface area contributed by atoms with E-state index in [0.717, 1.165) is 16.8 Å². The van der Waals surface area contributed by atoms with Gasteiger partial charge in [0.2, 0.25) is 0 Å². The Morgan fingerprint density at radius 1 is 1.09 bits per heavy atom. The Morgan fingerprint density at radius 3 is 2.59 bits per heavy atom. The van der Waals surface area contributed by atoms with E-state index in [1.165, 1.54) is 0 Å². The number of carbonyl (C=O) groups is 2. The second-order valence-corrected chi connectivity index (χ2v) is 5.10. The molecule has 0 fully saturated rings. The van der Waals surface area contributed by atoms with Crippen molar-refractivity contribution < 1.29 is 9.59 Å². The molecule has 0 bridgehead atoms. The van der Waals surface area contributed by atoms with Crippen LogP contribution in [0.15, 0.2) is 42.6 Å². The molecule has 22 heavy (non-hydrogen) atoms. The van der Waals surface area contributed by atoms with E-state index in [1.54, 1.807) is 12.3 Å². The fraction of sp³-hybridized carbons (Fsp3) is 0.235.